The molecule has 0 saturated heterocycles. The van der Waals surface area contributed by atoms with E-state index in [1.165, 1.54) is 0 Å². The molecule has 2 aromatic heterocycles. The molecule has 20 heavy (non-hydrogen) atoms. The average molecular weight is 271 g/mol. The van der Waals surface area contributed by atoms with Gasteiger partial charge in [-0.2, -0.15) is 0 Å². The Bertz CT molecular complexity index is 561. The SMILES string of the molecule is CCc1cc(CO)cc(N(C)Cc2cccc(C)n2)n1. The minimum absolute atomic E-state index is 0.0407. The first-order chi connectivity index (χ1) is 9.62. The van der Waals surface area contributed by atoms with Gasteiger partial charge in [-0.25, -0.2) is 4.98 Å². The Morgan fingerprint density at radius 1 is 1.15 bits per heavy atom. The smallest absolute Gasteiger partial charge is 0.129 e. The van der Waals surface area contributed by atoms with Gasteiger partial charge in [0.15, 0.2) is 0 Å². The van der Waals surface area contributed by atoms with Gasteiger partial charge < -0.3 is 10.0 Å². The van der Waals surface area contributed by atoms with E-state index in [9.17, 15) is 5.11 Å². The van der Waals surface area contributed by atoms with Gasteiger partial charge in [-0.05, 0) is 43.2 Å². The topological polar surface area (TPSA) is 49.2 Å². The molecule has 0 bridgehead atoms. The predicted octanol–water partition coefficient (Wildman–Crippen LogP) is 2.48. The fraction of sp³-hybridized carbons (Fsp3) is 0.375. The maximum Gasteiger partial charge on any atom is 0.129 e. The molecule has 2 aromatic rings. The third kappa shape index (κ3) is 3.54. The second-order valence-corrected chi connectivity index (χ2v) is 4.96. The molecular weight excluding hydrogens is 250 g/mol. The highest BCUT2D eigenvalue weighted by Crippen LogP contribution is 2.16. The number of aliphatic hydroxyl groups excluding tert-OH is 1. The molecule has 0 amide bonds. The number of hydrogen-bond donors (Lipinski definition) is 1. The normalized spacial score (nSPS) is 10.6. The largest absolute Gasteiger partial charge is 0.392 e. The molecule has 2 heterocycles. The van der Waals surface area contributed by atoms with Crippen LogP contribution in [0.4, 0.5) is 5.82 Å². The summed E-state index contributed by atoms with van der Waals surface area (Å²) in [7, 11) is 1.99. The number of aryl methyl sites for hydroxylation is 2. The second-order valence-electron chi connectivity index (χ2n) is 4.96. The molecule has 1 N–H and O–H groups in total. The Hall–Kier alpha value is -1.94. The maximum absolute atomic E-state index is 9.33. The molecule has 0 unspecified atom stereocenters. The Morgan fingerprint density at radius 2 is 1.95 bits per heavy atom. The molecule has 0 aromatic carbocycles. The molecule has 0 aliphatic rings. The van der Waals surface area contributed by atoms with Crippen LogP contribution in [0, 0.1) is 6.92 Å². The van der Waals surface area contributed by atoms with Gasteiger partial charge in [-0.3, -0.25) is 4.98 Å². The number of nitrogens with zero attached hydrogens (tertiary/aromatic N) is 3. The first-order valence-electron chi connectivity index (χ1n) is 6.86. The highest BCUT2D eigenvalue weighted by atomic mass is 16.3. The van der Waals surface area contributed by atoms with E-state index in [-0.39, 0.29) is 6.61 Å². The van der Waals surface area contributed by atoms with Crippen LogP contribution in [0.2, 0.25) is 0 Å². The van der Waals surface area contributed by atoms with E-state index in [1.807, 2.05) is 44.3 Å². The zero-order valence-corrected chi connectivity index (χ0v) is 12.3. The van der Waals surface area contributed by atoms with Crippen molar-refractivity contribution in [3.63, 3.8) is 0 Å². The fourth-order valence-electron chi connectivity index (χ4n) is 2.11. The van der Waals surface area contributed by atoms with Crippen LogP contribution in [-0.4, -0.2) is 22.1 Å². The summed E-state index contributed by atoms with van der Waals surface area (Å²) in [6.45, 7) is 4.80. The van der Waals surface area contributed by atoms with Crippen molar-refractivity contribution >= 4 is 5.82 Å². The zero-order valence-electron chi connectivity index (χ0n) is 12.3. The summed E-state index contributed by atoms with van der Waals surface area (Å²) in [5, 5.41) is 9.33. The van der Waals surface area contributed by atoms with E-state index in [0.717, 1.165) is 34.9 Å². The van der Waals surface area contributed by atoms with E-state index in [1.54, 1.807) is 0 Å². The number of aromatic nitrogens is 2. The number of hydrogen-bond acceptors (Lipinski definition) is 4. The molecule has 0 fully saturated rings. The molecule has 4 nitrogen and oxygen atoms in total. The predicted molar refractivity (Wildman–Crippen MR) is 80.6 cm³/mol. The van der Waals surface area contributed by atoms with Crippen molar-refractivity contribution in [2.75, 3.05) is 11.9 Å². The first kappa shape index (κ1) is 14.5. The highest BCUT2D eigenvalue weighted by molar-refractivity contribution is 5.42. The number of aliphatic hydroxyl groups is 1. The lowest BCUT2D eigenvalue weighted by atomic mass is 10.2. The fourth-order valence-corrected chi connectivity index (χ4v) is 2.11. The monoisotopic (exact) mass is 271 g/mol. The van der Waals surface area contributed by atoms with E-state index in [2.05, 4.69) is 21.8 Å². The van der Waals surface area contributed by atoms with Gasteiger partial charge in [0.2, 0.25) is 0 Å². The number of rotatable bonds is 5. The molecular formula is C16H21N3O. The van der Waals surface area contributed by atoms with Crippen molar-refractivity contribution in [1.29, 1.82) is 0 Å². The summed E-state index contributed by atoms with van der Waals surface area (Å²) in [6, 6.07) is 9.89. The van der Waals surface area contributed by atoms with Gasteiger partial charge in [0.05, 0.1) is 18.8 Å². The van der Waals surface area contributed by atoms with Crippen molar-refractivity contribution in [3.8, 4) is 0 Å². The molecule has 0 atom stereocenters. The molecule has 0 aliphatic heterocycles. The zero-order chi connectivity index (χ0) is 14.5. The minimum atomic E-state index is 0.0407. The van der Waals surface area contributed by atoms with Crippen molar-refractivity contribution < 1.29 is 5.11 Å². The molecule has 0 spiro atoms. The lowest BCUT2D eigenvalue weighted by Gasteiger charge is -2.19. The molecule has 4 heteroatoms. The van der Waals surface area contributed by atoms with Crippen molar-refractivity contribution in [3.05, 3.63) is 53.0 Å². The van der Waals surface area contributed by atoms with E-state index in [4.69, 9.17) is 0 Å². The lowest BCUT2D eigenvalue weighted by Crippen LogP contribution is -2.19. The molecule has 0 saturated carbocycles. The number of anilines is 1. The summed E-state index contributed by atoms with van der Waals surface area (Å²) in [4.78, 5) is 11.2. The van der Waals surface area contributed by atoms with Crippen molar-refractivity contribution in [1.82, 2.24) is 9.97 Å². The third-order valence-electron chi connectivity index (χ3n) is 3.21. The molecule has 106 valence electrons. The van der Waals surface area contributed by atoms with Crippen LogP contribution < -0.4 is 4.90 Å². The second kappa shape index (κ2) is 6.48. The van der Waals surface area contributed by atoms with Crippen molar-refractivity contribution in [2.45, 2.75) is 33.4 Å². The summed E-state index contributed by atoms with van der Waals surface area (Å²) >= 11 is 0. The van der Waals surface area contributed by atoms with Gasteiger partial charge in [0, 0.05) is 18.4 Å². The molecule has 0 radical (unpaired) electrons. The van der Waals surface area contributed by atoms with Crippen LogP contribution in [0.15, 0.2) is 30.3 Å². The van der Waals surface area contributed by atoms with Crippen LogP contribution >= 0.6 is 0 Å². The summed E-state index contributed by atoms with van der Waals surface area (Å²) in [5.74, 6) is 0.872. The lowest BCUT2D eigenvalue weighted by molar-refractivity contribution is 0.281. The van der Waals surface area contributed by atoms with E-state index >= 15 is 0 Å². The Labute approximate surface area is 120 Å². The van der Waals surface area contributed by atoms with Gasteiger partial charge in [0.1, 0.15) is 5.82 Å². The average Bonchev–Trinajstić information content (AvgIpc) is 2.46. The highest BCUT2D eigenvalue weighted by Gasteiger charge is 2.08. The van der Waals surface area contributed by atoms with Crippen molar-refractivity contribution in [2.24, 2.45) is 0 Å². The summed E-state index contributed by atoms with van der Waals surface area (Å²) in [5.41, 5.74) is 3.93. The first-order valence-corrected chi connectivity index (χ1v) is 6.86. The van der Waals surface area contributed by atoms with Gasteiger partial charge in [-0.15, -0.1) is 0 Å². The van der Waals surface area contributed by atoms with Gasteiger partial charge >= 0.3 is 0 Å². The standard InChI is InChI=1S/C16H21N3O/c1-4-14-8-13(11-20)9-16(18-14)19(3)10-15-7-5-6-12(2)17-15/h5-9,20H,4,10-11H2,1-3H3. The Kier molecular flexibility index (Phi) is 4.69. The maximum atomic E-state index is 9.33. The molecule has 2 rings (SSSR count). The minimum Gasteiger partial charge on any atom is -0.392 e. The Morgan fingerprint density at radius 3 is 2.60 bits per heavy atom. The van der Waals surface area contributed by atoms with E-state index in [0.29, 0.717) is 6.54 Å². The summed E-state index contributed by atoms with van der Waals surface area (Å²) < 4.78 is 0. The Balaban J connectivity index is 2.22. The van der Waals surface area contributed by atoms with E-state index < -0.39 is 0 Å². The summed E-state index contributed by atoms with van der Waals surface area (Å²) in [6.07, 6.45) is 0.859. The quantitative estimate of drug-likeness (QED) is 0.907. The van der Waals surface area contributed by atoms with Crippen LogP contribution in [0.1, 0.15) is 29.6 Å². The number of pyridine rings is 2. The molecule has 0 aliphatic carbocycles. The van der Waals surface area contributed by atoms with Crippen LogP contribution in [-0.2, 0) is 19.6 Å². The van der Waals surface area contributed by atoms with Gasteiger partial charge in [-0.1, -0.05) is 13.0 Å². The van der Waals surface area contributed by atoms with Crippen LogP contribution in [0.3, 0.4) is 0 Å². The third-order valence-corrected chi connectivity index (χ3v) is 3.21. The van der Waals surface area contributed by atoms with Crippen LogP contribution in [0.5, 0.6) is 0 Å². The van der Waals surface area contributed by atoms with Crippen LogP contribution in [0.25, 0.3) is 0 Å². The van der Waals surface area contributed by atoms with Gasteiger partial charge in [0.25, 0.3) is 0 Å².